The molecule has 4 atom stereocenters. The van der Waals surface area contributed by atoms with Gasteiger partial charge in [0.2, 0.25) is 0 Å². The summed E-state index contributed by atoms with van der Waals surface area (Å²) in [6, 6.07) is 35.3. The quantitative estimate of drug-likeness (QED) is 0.178. The maximum absolute atomic E-state index is 11.9. The van der Waals surface area contributed by atoms with Crippen LogP contribution in [0.4, 0.5) is 4.79 Å². The number of aliphatic hydroxyl groups excluding tert-OH is 1. The van der Waals surface area contributed by atoms with Crippen molar-refractivity contribution in [2.24, 2.45) is 5.92 Å². The van der Waals surface area contributed by atoms with E-state index in [0.717, 1.165) is 72.6 Å². The minimum atomic E-state index is -0.532. The average molecular weight is 649 g/mol. The van der Waals surface area contributed by atoms with Crippen LogP contribution >= 0.6 is 0 Å². The van der Waals surface area contributed by atoms with Gasteiger partial charge in [0.25, 0.3) is 0 Å². The predicted molar refractivity (Wildman–Crippen MR) is 189 cm³/mol. The minimum absolute atomic E-state index is 0.0158. The molecule has 8 heteroatoms. The monoisotopic (exact) mass is 648 g/mol. The van der Waals surface area contributed by atoms with Crippen LogP contribution in [0.15, 0.2) is 103 Å². The van der Waals surface area contributed by atoms with E-state index in [9.17, 15) is 9.90 Å². The molecule has 0 aliphatic carbocycles. The van der Waals surface area contributed by atoms with Crippen molar-refractivity contribution in [3.8, 4) is 11.1 Å². The molecule has 6 rings (SSSR count). The molecule has 0 radical (unpaired) electrons. The minimum Gasteiger partial charge on any atom is -0.392 e. The molecule has 4 aromatic rings. The van der Waals surface area contributed by atoms with E-state index >= 15 is 0 Å². The molecule has 2 heterocycles. The highest BCUT2D eigenvalue weighted by molar-refractivity contribution is 5.74. The first kappa shape index (κ1) is 33.8. The van der Waals surface area contributed by atoms with Crippen molar-refractivity contribution in [1.82, 2.24) is 20.4 Å². The Morgan fingerprint density at radius 1 is 0.750 bits per heavy atom. The topological polar surface area (TPSA) is 86.3 Å². The largest absolute Gasteiger partial charge is 0.392 e. The van der Waals surface area contributed by atoms with Crippen molar-refractivity contribution in [2.75, 3.05) is 39.3 Å². The van der Waals surface area contributed by atoms with Gasteiger partial charge in [-0.3, -0.25) is 9.80 Å². The van der Waals surface area contributed by atoms with E-state index in [-0.39, 0.29) is 30.8 Å². The van der Waals surface area contributed by atoms with E-state index in [1.807, 2.05) is 31.2 Å². The second kappa shape index (κ2) is 16.4. The maximum atomic E-state index is 11.9. The van der Waals surface area contributed by atoms with Gasteiger partial charge in [-0.1, -0.05) is 97.9 Å². The third-order valence-electron chi connectivity index (χ3n) is 9.48. The fourth-order valence-electron chi connectivity index (χ4n) is 6.69. The fourth-order valence-corrected chi connectivity index (χ4v) is 6.69. The Kier molecular flexibility index (Phi) is 11.5. The molecule has 2 aliphatic rings. The van der Waals surface area contributed by atoms with Gasteiger partial charge in [-0.2, -0.15) is 0 Å². The average Bonchev–Trinajstić information content (AvgIpc) is 3.13. The molecule has 0 bridgehead atoms. The lowest BCUT2D eigenvalue weighted by atomic mass is 9.89. The normalized spacial score (nSPS) is 21.9. The molecule has 8 nitrogen and oxygen atoms in total. The first-order chi connectivity index (χ1) is 23.5. The summed E-state index contributed by atoms with van der Waals surface area (Å²) in [6.45, 7) is 11.1. The first-order valence-corrected chi connectivity index (χ1v) is 17.2. The lowest BCUT2D eigenvalue weighted by Crippen LogP contribution is -2.51. The van der Waals surface area contributed by atoms with Crippen molar-refractivity contribution < 1.29 is 19.4 Å². The highest BCUT2D eigenvalue weighted by Crippen LogP contribution is 2.42. The maximum Gasteiger partial charge on any atom is 0.315 e. The third-order valence-corrected chi connectivity index (χ3v) is 9.48. The number of amides is 2. The summed E-state index contributed by atoms with van der Waals surface area (Å²) in [5.41, 5.74) is 7.46. The summed E-state index contributed by atoms with van der Waals surface area (Å²) in [5.74, 6) is 0.126. The van der Waals surface area contributed by atoms with Crippen LogP contribution in [-0.4, -0.2) is 66.3 Å². The highest BCUT2D eigenvalue weighted by Gasteiger charge is 2.39. The Hall–Kier alpha value is -4.05. The van der Waals surface area contributed by atoms with Crippen LogP contribution in [0, 0.1) is 5.92 Å². The van der Waals surface area contributed by atoms with Crippen molar-refractivity contribution >= 4 is 6.03 Å². The van der Waals surface area contributed by atoms with Crippen molar-refractivity contribution in [3.63, 3.8) is 0 Å². The number of carbonyl (C=O) groups is 1. The van der Waals surface area contributed by atoms with Crippen LogP contribution in [0.3, 0.4) is 0 Å². The Morgan fingerprint density at radius 2 is 1.44 bits per heavy atom. The van der Waals surface area contributed by atoms with Crippen molar-refractivity contribution in [1.29, 1.82) is 0 Å². The van der Waals surface area contributed by atoms with Crippen LogP contribution in [-0.2, 0) is 29.2 Å². The van der Waals surface area contributed by atoms with Gasteiger partial charge in [-0.05, 0) is 52.4 Å². The molecule has 2 aliphatic heterocycles. The summed E-state index contributed by atoms with van der Waals surface area (Å²) >= 11 is 0. The molecule has 48 heavy (non-hydrogen) atoms. The van der Waals surface area contributed by atoms with Crippen LogP contribution < -0.4 is 10.6 Å². The van der Waals surface area contributed by atoms with E-state index in [2.05, 4.69) is 106 Å². The molecular formula is C40H48N4O4. The number of urea groups is 1. The number of nitrogens with one attached hydrogen (secondary N) is 2. The number of aliphatic hydroxyl groups is 1. The molecule has 2 saturated heterocycles. The number of nitrogens with zero attached hydrogens (tertiary/aromatic N) is 2. The molecule has 0 spiro atoms. The molecular weight excluding hydrogens is 600 g/mol. The molecule has 2 amide bonds. The summed E-state index contributed by atoms with van der Waals surface area (Å²) in [6.07, 6.45) is -0.719. The molecule has 0 saturated carbocycles. The number of benzene rings is 4. The fraction of sp³-hybridized carbons (Fsp3) is 0.375. The van der Waals surface area contributed by atoms with Gasteiger partial charge >= 0.3 is 6.03 Å². The van der Waals surface area contributed by atoms with Crippen molar-refractivity contribution in [2.45, 2.75) is 52.0 Å². The number of ether oxygens (including phenoxy) is 2. The Morgan fingerprint density at radius 3 is 2.17 bits per heavy atom. The Balaban J connectivity index is 1.18. The summed E-state index contributed by atoms with van der Waals surface area (Å²) in [7, 11) is 0. The Bertz CT molecular complexity index is 1610. The zero-order valence-electron chi connectivity index (χ0n) is 28.1. The van der Waals surface area contributed by atoms with Gasteiger partial charge < -0.3 is 25.2 Å². The van der Waals surface area contributed by atoms with E-state index < -0.39 is 6.29 Å². The lowest BCUT2D eigenvalue weighted by Gasteiger charge is -2.44. The second-order valence-electron chi connectivity index (χ2n) is 12.9. The van der Waals surface area contributed by atoms with Crippen LogP contribution in [0.25, 0.3) is 11.1 Å². The van der Waals surface area contributed by atoms with Gasteiger partial charge in [0.1, 0.15) is 0 Å². The SMILES string of the molecule is CCNC(=O)NCc1cccc(-c2cccc([C@H]3O[C@@H](CN4CCN(Cc5ccccc5)CC4)[C@@H](C)[C@@H](c4ccc(CO)cc4)O3)c2)c1. The zero-order valence-corrected chi connectivity index (χ0v) is 28.1. The Labute approximate surface area is 284 Å². The van der Waals surface area contributed by atoms with Gasteiger partial charge in [-0.25, -0.2) is 4.79 Å². The van der Waals surface area contributed by atoms with Gasteiger partial charge in [0.15, 0.2) is 6.29 Å². The number of hydrogen-bond acceptors (Lipinski definition) is 6. The zero-order chi connectivity index (χ0) is 33.3. The van der Waals surface area contributed by atoms with Gasteiger partial charge in [-0.15, -0.1) is 0 Å². The summed E-state index contributed by atoms with van der Waals surface area (Å²) < 4.78 is 13.6. The predicted octanol–water partition coefficient (Wildman–Crippen LogP) is 6.27. The van der Waals surface area contributed by atoms with Crippen LogP contribution in [0.5, 0.6) is 0 Å². The van der Waals surface area contributed by atoms with E-state index in [1.165, 1.54) is 5.56 Å². The smallest absolute Gasteiger partial charge is 0.315 e. The number of piperazine rings is 1. The third kappa shape index (κ3) is 8.69. The molecule has 0 aromatic heterocycles. The van der Waals surface area contributed by atoms with Crippen LogP contribution in [0.1, 0.15) is 54.1 Å². The number of rotatable bonds is 11. The number of hydrogen-bond donors (Lipinski definition) is 3. The summed E-state index contributed by atoms with van der Waals surface area (Å²) in [4.78, 5) is 17.0. The van der Waals surface area contributed by atoms with Crippen molar-refractivity contribution in [3.05, 3.63) is 131 Å². The van der Waals surface area contributed by atoms with Crippen LogP contribution in [0.2, 0.25) is 0 Å². The molecule has 4 aromatic carbocycles. The summed E-state index contributed by atoms with van der Waals surface area (Å²) in [5, 5.41) is 15.3. The van der Waals surface area contributed by atoms with Gasteiger partial charge in [0, 0.05) is 63.8 Å². The molecule has 2 fully saturated rings. The molecule has 0 unspecified atom stereocenters. The van der Waals surface area contributed by atoms with E-state index in [1.54, 1.807) is 0 Å². The molecule has 3 N–H and O–H groups in total. The lowest BCUT2D eigenvalue weighted by molar-refractivity contribution is -0.276. The van der Waals surface area contributed by atoms with Gasteiger partial charge in [0.05, 0.1) is 18.8 Å². The standard InChI is InChI=1S/C40H48N4O4/c1-3-41-40(46)42-25-32-11-7-12-34(23-32)35-13-8-14-36(24-35)39-47-37(29(2)38(48-39)33-17-15-31(28-45)16-18-33)27-44-21-19-43(20-22-44)26-30-9-5-4-6-10-30/h4-18,23-24,29,37-39,45H,3,19-22,25-28H2,1-2H3,(H2,41,42,46)/t29-,37+,38+,39+/m1/s1. The molecule has 252 valence electrons. The second-order valence-corrected chi connectivity index (χ2v) is 12.9. The first-order valence-electron chi connectivity index (χ1n) is 17.2. The van der Waals surface area contributed by atoms with E-state index in [4.69, 9.17) is 9.47 Å². The highest BCUT2D eigenvalue weighted by atomic mass is 16.7. The number of carbonyl (C=O) groups excluding carboxylic acids is 1. The van der Waals surface area contributed by atoms with E-state index in [0.29, 0.717) is 13.1 Å².